The molecule has 0 spiro atoms. The summed E-state index contributed by atoms with van der Waals surface area (Å²) >= 11 is 0. The summed E-state index contributed by atoms with van der Waals surface area (Å²) in [6, 6.07) is 5.89. The maximum Gasteiger partial charge on any atom is 0.254 e. The number of hydrogen-bond donors (Lipinski definition) is 1. The molecule has 2 aliphatic rings. The van der Waals surface area contributed by atoms with E-state index in [4.69, 9.17) is 4.74 Å². The average Bonchev–Trinajstić information content (AvgIpc) is 3.11. The lowest BCUT2D eigenvalue weighted by Gasteiger charge is -2.16. The summed E-state index contributed by atoms with van der Waals surface area (Å²) in [6.45, 7) is 3.92. The predicted octanol–water partition coefficient (Wildman–Crippen LogP) is 3.01. The van der Waals surface area contributed by atoms with Gasteiger partial charge in [0.25, 0.3) is 5.62 Å². The number of nitrogens with zero attached hydrogens (tertiary/aromatic N) is 4. The van der Waals surface area contributed by atoms with Crippen molar-refractivity contribution in [1.82, 2.24) is 14.5 Å². The van der Waals surface area contributed by atoms with Crippen molar-refractivity contribution in [3.05, 3.63) is 54.4 Å². The molecule has 0 saturated heterocycles. The fourth-order valence-corrected chi connectivity index (χ4v) is 5.46. The summed E-state index contributed by atoms with van der Waals surface area (Å²) in [5.74, 6) is 1.31. The van der Waals surface area contributed by atoms with Crippen molar-refractivity contribution in [3.63, 3.8) is 0 Å². The molecule has 1 N–H and O–H groups in total. The third-order valence-electron chi connectivity index (χ3n) is 5.35. The minimum absolute atomic E-state index is 0.181. The molecule has 0 radical (unpaired) electrons. The zero-order valence-corrected chi connectivity index (χ0v) is 17.1. The number of aromatic nitrogens is 3. The summed E-state index contributed by atoms with van der Waals surface area (Å²) in [7, 11) is -0.793. The predicted molar refractivity (Wildman–Crippen MR) is 111 cm³/mol. The van der Waals surface area contributed by atoms with E-state index in [0.29, 0.717) is 29.4 Å². The Morgan fingerprint density at radius 1 is 1.25 bits per heavy atom. The number of methoxy groups -OCH3 is 1. The maximum atomic E-state index is 13.0. The van der Waals surface area contributed by atoms with E-state index in [2.05, 4.69) is 32.4 Å². The standard InChI is InChI=1S/C20H24N5O2P/c1-4-28(26,5-2)14-10-11-16(18(12-14)27-3)22-19-21-13-25-17-9-7-6-8-15(17)23-20(25)24-19/h6-13,15,17H,4-5H2,1-3H3,(H,22,23,24). The molecule has 0 fully saturated rings. The van der Waals surface area contributed by atoms with Gasteiger partial charge in [0.2, 0.25) is 5.95 Å². The number of allylic oxidation sites excluding steroid dienone is 2. The summed E-state index contributed by atoms with van der Waals surface area (Å²) < 4.78 is 20.5. The van der Waals surface area contributed by atoms with Crippen LogP contribution in [0.25, 0.3) is 0 Å². The van der Waals surface area contributed by atoms with Crippen LogP contribution in [0.2, 0.25) is 0 Å². The Hall–Kier alpha value is -2.66. The SMILES string of the molecule is CCP(=O)(CC)c1ccc(N=c2ncn3c(n2)NC2C=CC=CC23)c(OC)c1. The van der Waals surface area contributed by atoms with Crippen LogP contribution in [0.15, 0.2) is 53.8 Å². The molecule has 2 heterocycles. The highest BCUT2D eigenvalue weighted by atomic mass is 31.2. The van der Waals surface area contributed by atoms with Crippen LogP contribution in [0.3, 0.4) is 0 Å². The molecule has 1 aromatic heterocycles. The third kappa shape index (κ3) is 3.20. The Bertz CT molecular complexity index is 1060. The van der Waals surface area contributed by atoms with Crippen LogP contribution >= 0.6 is 7.14 Å². The first-order valence-corrected chi connectivity index (χ1v) is 11.5. The Labute approximate surface area is 164 Å². The molecule has 0 amide bonds. The number of nitrogens with one attached hydrogen (secondary N) is 1. The van der Waals surface area contributed by atoms with Crippen molar-refractivity contribution in [2.24, 2.45) is 4.99 Å². The summed E-state index contributed by atoms with van der Waals surface area (Å²) in [5.41, 5.74) is 0.968. The van der Waals surface area contributed by atoms with Gasteiger partial charge in [-0.3, -0.25) is 4.57 Å². The van der Waals surface area contributed by atoms with Crippen molar-refractivity contribution in [2.75, 3.05) is 24.8 Å². The molecule has 8 heteroatoms. The molecule has 4 rings (SSSR count). The Morgan fingerprint density at radius 2 is 2.04 bits per heavy atom. The van der Waals surface area contributed by atoms with Gasteiger partial charge in [0.05, 0.1) is 19.2 Å². The monoisotopic (exact) mass is 397 g/mol. The Balaban J connectivity index is 1.71. The number of fused-ring (bicyclic) bond motifs is 3. The lowest BCUT2D eigenvalue weighted by atomic mass is 10.1. The summed E-state index contributed by atoms with van der Waals surface area (Å²) in [4.78, 5) is 13.5. The average molecular weight is 397 g/mol. The summed E-state index contributed by atoms with van der Waals surface area (Å²) in [6.07, 6.45) is 11.3. The van der Waals surface area contributed by atoms with E-state index in [-0.39, 0.29) is 12.1 Å². The van der Waals surface area contributed by atoms with Gasteiger partial charge in [-0.05, 0) is 18.2 Å². The van der Waals surface area contributed by atoms with E-state index >= 15 is 0 Å². The highest BCUT2D eigenvalue weighted by Crippen LogP contribution is 2.45. The number of anilines is 1. The van der Waals surface area contributed by atoms with Gasteiger partial charge >= 0.3 is 0 Å². The minimum Gasteiger partial charge on any atom is -0.494 e. The Morgan fingerprint density at radius 3 is 2.79 bits per heavy atom. The molecule has 0 bridgehead atoms. The number of hydrogen-bond acceptors (Lipinski definition) is 6. The quantitative estimate of drug-likeness (QED) is 0.785. The lowest BCUT2D eigenvalue weighted by Crippen LogP contribution is -2.19. The van der Waals surface area contributed by atoms with Gasteiger partial charge in [0, 0.05) is 17.6 Å². The van der Waals surface area contributed by atoms with Crippen LogP contribution in [0, 0.1) is 0 Å². The molecule has 1 aliphatic carbocycles. The topological polar surface area (TPSA) is 81.4 Å². The van der Waals surface area contributed by atoms with Crippen LogP contribution < -0.4 is 21.0 Å². The highest BCUT2D eigenvalue weighted by Gasteiger charge is 2.29. The number of benzene rings is 1. The first-order chi connectivity index (χ1) is 13.6. The van der Waals surface area contributed by atoms with E-state index in [0.717, 1.165) is 11.3 Å². The molecule has 146 valence electrons. The zero-order valence-electron chi connectivity index (χ0n) is 16.2. The normalized spacial score (nSPS) is 20.6. The van der Waals surface area contributed by atoms with Gasteiger partial charge in [-0.25, -0.2) is 9.98 Å². The molecule has 2 unspecified atom stereocenters. The van der Waals surface area contributed by atoms with Crippen LogP contribution in [-0.2, 0) is 4.57 Å². The van der Waals surface area contributed by atoms with Crippen LogP contribution in [0.4, 0.5) is 11.6 Å². The lowest BCUT2D eigenvalue weighted by molar-refractivity contribution is 0.416. The fraction of sp³-hybridized carbons (Fsp3) is 0.350. The summed E-state index contributed by atoms with van der Waals surface area (Å²) in [5, 5.41) is 4.20. The second kappa shape index (κ2) is 7.40. The van der Waals surface area contributed by atoms with Crippen molar-refractivity contribution >= 4 is 24.1 Å². The molecule has 7 nitrogen and oxygen atoms in total. The van der Waals surface area contributed by atoms with Crippen molar-refractivity contribution in [1.29, 1.82) is 0 Å². The van der Waals surface area contributed by atoms with E-state index in [1.54, 1.807) is 13.4 Å². The van der Waals surface area contributed by atoms with Crippen LogP contribution in [-0.4, -0.2) is 40.0 Å². The molecule has 2 aromatic rings. The van der Waals surface area contributed by atoms with Crippen molar-refractivity contribution in [2.45, 2.75) is 25.9 Å². The van der Waals surface area contributed by atoms with E-state index in [1.807, 2.05) is 48.8 Å². The molecule has 2 atom stereocenters. The maximum absolute atomic E-state index is 13.0. The molecule has 28 heavy (non-hydrogen) atoms. The first-order valence-electron chi connectivity index (χ1n) is 9.46. The Kier molecular flexibility index (Phi) is 4.94. The van der Waals surface area contributed by atoms with Gasteiger partial charge in [-0.15, -0.1) is 0 Å². The van der Waals surface area contributed by atoms with E-state index in [1.165, 1.54) is 0 Å². The molecule has 0 saturated carbocycles. The fourth-order valence-electron chi connectivity index (χ4n) is 3.58. The second-order valence-corrected chi connectivity index (χ2v) is 10.4. The van der Waals surface area contributed by atoms with Gasteiger partial charge in [-0.1, -0.05) is 38.2 Å². The van der Waals surface area contributed by atoms with E-state index in [9.17, 15) is 4.57 Å². The molecule has 1 aliphatic heterocycles. The largest absolute Gasteiger partial charge is 0.494 e. The zero-order chi connectivity index (χ0) is 19.7. The van der Waals surface area contributed by atoms with Gasteiger partial charge in [0.1, 0.15) is 24.9 Å². The van der Waals surface area contributed by atoms with Crippen molar-refractivity contribution in [3.8, 4) is 5.75 Å². The second-order valence-electron chi connectivity index (χ2n) is 6.81. The first kappa shape index (κ1) is 18.7. The van der Waals surface area contributed by atoms with E-state index < -0.39 is 7.14 Å². The van der Waals surface area contributed by atoms with Gasteiger partial charge in [-0.2, -0.15) is 4.98 Å². The molecule has 1 aromatic carbocycles. The van der Waals surface area contributed by atoms with Gasteiger partial charge in [0.15, 0.2) is 0 Å². The van der Waals surface area contributed by atoms with Crippen LogP contribution in [0.1, 0.15) is 19.9 Å². The number of rotatable bonds is 5. The van der Waals surface area contributed by atoms with Gasteiger partial charge < -0.3 is 14.6 Å². The third-order valence-corrected chi connectivity index (χ3v) is 8.61. The smallest absolute Gasteiger partial charge is 0.254 e. The number of ether oxygens (including phenoxy) is 1. The van der Waals surface area contributed by atoms with Crippen LogP contribution in [0.5, 0.6) is 5.75 Å². The highest BCUT2D eigenvalue weighted by molar-refractivity contribution is 7.71. The molecular formula is C20H24N5O2P. The minimum atomic E-state index is -2.38. The van der Waals surface area contributed by atoms with Crippen molar-refractivity contribution < 1.29 is 9.30 Å². The molecular weight excluding hydrogens is 373 g/mol.